The van der Waals surface area contributed by atoms with Crippen molar-refractivity contribution in [3.8, 4) is 0 Å². The minimum atomic E-state index is -3.60. The van der Waals surface area contributed by atoms with E-state index in [0.717, 1.165) is 15.7 Å². The van der Waals surface area contributed by atoms with Crippen molar-refractivity contribution in [3.63, 3.8) is 0 Å². The Bertz CT molecular complexity index is 1110. The molecule has 0 unspecified atom stereocenters. The quantitative estimate of drug-likeness (QED) is 0.627. The van der Waals surface area contributed by atoms with Crippen molar-refractivity contribution in [1.82, 2.24) is 19.3 Å². The fourth-order valence-corrected chi connectivity index (χ4v) is 5.98. The lowest BCUT2D eigenvalue weighted by atomic mass is 9.95. The molecule has 0 spiro atoms. The number of rotatable bonds is 5. The largest absolute Gasteiger partial charge is 0.315 e. The third-order valence-electron chi connectivity index (χ3n) is 4.84. The molecule has 1 N–H and O–H groups in total. The first-order valence-corrected chi connectivity index (χ1v) is 11.8. The lowest BCUT2D eigenvalue weighted by molar-refractivity contribution is 0.316. The molecule has 1 fully saturated rings. The number of thiazole rings is 1. The maximum Gasteiger partial charge on any atom is 0.244 e. The average Bonchev–Trinajstić information content (AvgIpc) is 3.13. The van der Waals surface area contributed by atoms with Crippen LogP contribution in [0.2, 0.25) is 5.02 Å². The number of aryl methyl sites for hydroxylation is 1. The summed E-state index contributed by atoms with van der Waals surface area (Å²) < 4.78 is 27.3. The van der Waals surface area contributed by atoms with Crippen LogP contribution in [0.25, 0.3) is 0 Å². The molecule has 0 aliphatic carbocycles. The molecule has 1 aromatic carbocycles. The van der Waals surface area contributed by atoms with E-state index < -0.39 is 10.0 Å². The molecule has 0 amide bonds. The fraction of sp³-hybridized carbons (Fsp3) is 0.316. The summed E-state index contributed by atoms with van der Waals surface area (Å²) in [6.45, 7) is 2.84. The van der Waals surface area contributed by atoms with Gasteiger partial charge in [-0.3, -0.25) is 4.98 Å². The van der Waals surface area contributed by atoms with Crippen LogP contribution in [0, 0.1) is 6.92 Å². The van der Waals surface area contributed by atoms with Crippen LogP contribution < -0.4 is 5.32 Å². The monoisotopic (exact) mass is 449 g/mol. The Morgan fingerprint density at radius 2 is 1.93 bits per heavy atom. The topological polar surface area (TPSA) is 88.1 Å². The summed E-state index contributed by atoms with van der Waals surface area (Å²) in [6, 6.07) is 6.55. The van der Waals surface area contributed by atoms with E-state index in [1.165, 1.54) is 4.31 Å². The van der Waals surface area contributed by atoms with Gasteiger partial charge in [-0.05, 0) is 31.9 Å². The number of sulfonamides is 1. The third kappa shape index (κ3) is 4.42. The van der Waals surface area contributed by atoms with Gasteiger partial charge in [0, 0.05) is 36.3 Å². The van der Waals surface area contributed by atoms with Crippen LogP contribution in [0.15, 0.2) is 47.8 Å². The highest BCUT2D eigenvalue weighted by Crippen LogP contribution is 2.32. The molecule has 2 aromatic heterocycles. The van der Waals surface area contributed by atoms with Gasteiger partial charge in [-0.25, -0.2) is 18.4 Å². The highest BCUT2D eigenvalue weighted by atomic mass is 35.5. The van der Waals surface area contributed by atoms with Gasteiger partial charge in [0.05, 0.1) is 16.9 Å². The van der Waals surface area contributed by atoms with E-state index in [2.05, 4.69) is 20.3 Å². The van der Waals surface area contributed by atoms with Crippen molar-refractivity contribution in [2.75, 3.05) is 18.4 Å². The van der Waals surface area contributed by atoms with Gasteiger partial charge in [0.25, 0.3) is 0 Å². The number of benzene rings is 1. The smallest absolute Gasteiger partial charge is 0.244 e. The lowest BCUT2D eigenvalue weighted by Crippen LogP contribution is -2.38. The minimum Gasteiger partial charge on any atom is -0.315 e. The molecule has 0 bridgehead atoms. The van der Waals surface area contributed by atoms with Crippen LogP contribution in [0.4, 0.5) is 10.9 Å². The molecule has 3 heterocycles. The van der Waals surface area contributed by atoms with E-state index in [9.17, 15) is 8.42 Å². The first-order chi connectivity index (χ1) is 13.9. The van der Waals surface area contributed by atoms with Crippen molar-refractivity contribution < 1.29 is 8.42 Å². The van der Waals surface area contributed by atoms with Crippen LogP contribution in [0.1, 0.15) is 29.3 Å². The summed E-state index contributed by atoms with van der Waals surface area (Å²) in [4.78, 5) is 14.5. The predicted molar refractivity (Wildman–Crippen MR) is 114 cm³/mol. The molecule has 152 valence electrons. The zero-order chi connectivity index (χ0) is 20.4. The first-order valence-electron chi connectivity index (χ1n) is 9.19. The fourth-order valence-electron chi connectivity index (χ4n) is 3.34. The normalized spacial score (nSPS) is 16.1. The van der Waals surface area contributed by atoms with E-state index in [1.807, 2.05) is 6.92 Å². The Labute approximate surface area is 178 Å². The van der Waals surface area contributed by atoms with Gasteiger partial charge in [0.15, 0.2) is 10.9 Å². The van der Waals surface area contributed by atoms with Crippen LogP contribution in [0.3, 0.4) is 0 Å². The minimum absolute atomic E-state index is 0.153. The van der Waals surface area contributed by atoms with Gasteiger partial charge in [-0.2, -0.15) is 4.31 Å². The Balaban J connectivity index is 1.45. The summed E-state index contributed by atoms with van der Waals surface area (Å²) in [5, 5.41) is 4.20. The summed E-state index contributed by atoms with van der Waals surface area (Å²) >= 11 is 7.65. The molecule has 3 aromatic rings. The Kier molecular flexibility index (Phi) is 5.82. The van der Waals surface area contributed by atoms with Gasteiger partial charge >= 0.3 is 0 Å². The Morgan fingerprint density at radius 1 is 1.17 bits per heavy atom. The van der Waals surface area contributed by atoms with Crippen molar-refractivity contribution in [3.05, 3.63) is 58.4 Å². The first kappa shape index (κ1) is 20.2. The number of nitrogens with one attached hydrogen (secondary N) is 1. The predicted octanol–water partition coefficient (Wildman–Crippen LogP) is 4.21. The maximum absolute atomic E-state index is 12.9. The molecule has 10 heteroatoms. The van der Waals surface area contributed by atoms with E-state index >= 15 is 0 Å². The molecule has 1 aliphatic heterocycles. The van der Waals surface area contributed by atoms with Crippen LogP contribution in [0.5, 0.6) is 0 Å². The highest BCUT2D eigenvalue weighted by Gasteiger charge is 2.31. The molecule has 29 heavy (non-hydrogen) atoms. The number of hydrogen-bond acceptors (Lipinski definition) is 7. The molecule has 1 aliphatic rings. The lowest BCUT2D eigenvalue weighted by Gasteiger charge is -2.31. The van der Waals surface area contributed by atoms with Gasteiger partial charge in [0.2, 0.25) is 10.0 Å². The average molecular weight is 450 g/mol. The molecule has 0 radical (unpaired) electrons. The van der Waals surface area contributed by atoms with E-state index in [0.29, 0.717) is 31.7 Å². The van der Waals surface area contributed by atoms with Crippen molar-refractivity contribution >= 4 is 43.9 Å². The summed E-state index contributed by atoms with van der Waals surface area (Å²) in [6.07, 6.45) is 6.58. The van der Waals surface area contributed by atoms with Crippen LogP contribution in [-0.4, -0.2) is 40.8 Å². The molecule has 0 atom stereocenters. The number of hydrogen-bond donors (Lipinski definition) is 1. The van der Waals surface area contributed by atoms with Crippen molar-refractivity contribution in [2.24, 2.45) is 0 Å². The van der Waals surface area contributed by atoms with Gasteiger partial charge < -0.3 is 5.32 Å². The maximum atomic E-state index is 12.9. The summed E-state index contributed by atoms with van der Waals surface area (Å²) in [5.74, 6) is 0.794. The van der Waals surface area contributed by atoms with Gasteiger partial charge in [0.1, 0.15) is 4.90 Å². The SMILES string of the molecule is Cc1cnc(Nc2cncc(C3CCN(S(=O)(=O)c4ccccc4Cl)CC3)n2)s1. The van der Waals surface area contributed by atoms with E-state index in [-0.39, 0.29) is 15.8 Å². The van der Waals surface area contributed by atoms with Gasteiger partial charge in [-0.1, -0.05) is 23.7 Å². The molecular weight excluding hydrogens is 430 g/mol. The van der Waals surface area contributed by atoms with Crippen LogP contribution in [-0.2, 0) is 10.0 Å². The molecule has 7 nitrogen and oxygen atoms in total. The molecule has 4 rings (SSSR count). The number of halogens is 1. The zero-order valence-electron chi connectivity index (χ0n) is 15.7. The summed E-state index contributed by atoms with van der Waals surface area (Å²) in [7, 11) is -3.60. The second-order valence-electron chi connectivity index (χ2n) is 6.84. The van der Waals surface area contributed by atoms with Gasteiger partial charge in [-0.15, -0.1) is 11.3 Å². The Morgan fingerprint density at radius 3 is 2.62 bits per heavy atom. The standard InChI is InChI=1S/C19H20ClN5O2S2/c1-13-10-22-19(28-13)24-18-12-21-11-16(23-18)14-6-8-25(9-7-14)29(26,27)17-5-3-2-4-15(17)20/h2-5,10-12,14H,6-9H2,1H3,(H,22,23,24). The van der Waals surface area contributed by atoms with Crippen molar-refractivity contribution in [2.45, 2.75) is 30.6 Å². The van der Waals surface area contributed by atoms with E-state index in [1.54, 1.807) is 54.2 Å². The van der Waals surface area contributed by atoms with Crippen LogP contribution >= 0.6 is 22.9 Å². The highest BCUT2D eigenvalue weighted by molar-refractivity contribution is 7.89. The second kappa shape index (κ2) is 8.35. The van der Waals surface area contributed by atoms with Crippen molar-refractivity contribution in [1.29, 1.82) is 0 Å². The molecule has 0 saturated carbocycles. The van der Waals surface area contributed by atoms with E-state index in [4.69, 9.17) is 11.6 Å². The zero-order valence-corrected chi connectivity index (χ0v) is 18.1. The number of piperidine rings is 1. The molecule has 1 saturated heterocycles. The third-order valence-corrected chi connectivity index (χ3v) is 8.06. The Hall–Kier alpha value is -2.07. The number of anilines is 2. The molecular formula is C19H20ClN5O2S2. The summed E-state index contributed by atoms with van der Waals surface area (Å²) in [5.41, 5.74) is 0.859. The number of aromatic nitrogens is 3. The number of nitrogens with zero attached hydrogens (tertiary/aromatic N) is 4. The second-order valence-corrected chi connectivity index (χ2v) is 10.4.